The van der Waals surface area contributed by atoms with Gasteiger partial charge in [0.2, 0.25) is 0 Å². The van der Waals surface area contributed by atoms with Crippen LogP contribution < -0.4 is 10.2 Å². The van der Waals surface area contributed by atoms with Crippen molar-refractivity contribution in [3.63, 3.8) is 0 Å². The van der Waals surface area contributed by atoms with Gasteiger partial charge in [-0.05, 0) is 36.8 Å². The molecule has 0 aromatic heterocycles. The minimum absolute atomic E-state index is 0.0481. The average molecular weight is 416 g/mol. The summed E-state index contributed by atoms with van der Waals surface area (Å²) in [5.74, 6) is -1.31. The normalized spacial score (nSPS) is 14.5. The molecule has 8 heteroatoms. The fraction of sp³-hybridized carbons (Fsp3) is 0.0588. The van der Waals surface area contributed by atoms with E-state index in [0.29, 0.717) is 10.7 Å². The topological polar surface area (TPSA) is 49.4 Å². The van der Waals surface area contributed by atoms with Gasteiger partial charge in [0.25, 0.3) is 11.8 Å². The molecular formula is C17H10Cl4N2O2. The minimum atomic E-state index is -0.682. The highest BCUT2D eigenvalue weighted by atomic mass is 35.5. The SMILES string of the molecule is Cc1ccc(Cl)cc1NC1=C(Cl)C(=O)N(c2cccc(Cl)c2Cl)C1=O. The van der Waals surface area contributed by atoms with E-state index in [1.807, 2.05) is 6.92 Å². The molecule has 0 fully saturated rings. The number of anilines is 2. The Morgan fingerprint density at radius 1 is 0.960 bits per heavy atom. The molecule has 25 heavy (non-hydrogen) atoms. The predicted octanol–water partition coefficient (Wildman–Crippen LogP) is 5.39. The first-order valence-corrected chi connectivity index (χ1v) is 8.58. The van der Waals surface area contributed by atoms with Gasteiger partial charge in [0.05, 0.1) is 15.7 Å². The zero-order valence-electron chi connectivity index (χ0n) is 12.7. The van der Waals surface area contributed by atoms with Gasteiger partial charge < -0.3 is 5.32 Å². The van der Waals surface area contributed by atoms with Crippen LogP contribution in [0.5, 0.6) is 0 Å². The van der Waals surface area contributed by atoms with E-state index in [1.54, 1.807) is 30.3 Å². The molecule has 0 radical (unpaired) electrons. The molecule has 0 atom stereocenters. The van der Waals surface area contributed by atoms with Crippen LogP contribution in [0.4, 0.5) is 11.4 Å². The van der Waals surface area contributed by atoms with Gasteiger partial charge in [-0.25, -0.2) is 4.90 Å². The molecule has 2 aromatic rings. The van der Waals surface area contributed by atoms with Crippen LogP contribution in [0.3, 0.4) is 0 Å². The fourth-order valence-corrected chi connectivity index (χ4v) is 3.12. The Bertz CT molecular complexity index is 940. The van der Waals surface area contributed by atoms with Crippen LogP contribution in [0, 0.1) is 6.92 Å². The summed E-state index contributed by atoms with van der Waals surface area (Å²) >= 11 is 24.2. The molecule has 128 valence electrons. The molecule has 0 saturated heterocycles. The molecule has 0 unspecified atom stereocenters. The van der Waals surface area contributed by atoms with Crippen LogP contribution in [-0.2, 0) is 9.59 Å². The maximum atomic E-state index is 12.8. The van der Waals surface area contributed by atoms with Crippen molar-refractivity contribution in [2.24, 2.45) is 0 Å². The van der Waals surface area contributed by atoms with E-state index < -0.39 is 11.8 Å². The standard InChI is InChI=1S/C17H10Cl4N2O2/c1-8-5-6-9(18)7-11(8)22-15-14(21)16(24)23(17(15)25)12-4-2-3-10(19)13(12)20/h2-7,22H,1H3. The van der Waals surface area contributed by atoms with Gasteiger partial charge in [-0.2, -0.15) is 0 Å². The van der Waals surface area contributed by atoms with E-state index >= 15 is 0 Å². The molecular weight excluding hydrogens is 406 g/mol. The molecule has 1 aliphatic heterocycles. The highest BCUT2D eigenvalue weighted by Gasteiger charge is 2.40. The maximum absolute atomic E-state index is 12.8. The quantitative estimate of drug-likeness (QED) is 0.683. The van der Waals surface area contributed by atoms with Gasteiger partial charge in [0.15, 0.2) is 0 Å². The number of nitrogens with one attached hydrogen (secondary N) is 1. The number of benzene rings is 2. The number of hydrogen-bond acceptors (Lipinski definition) is 3. The highest BCUT2D eigenvalue weighted by molar-refractivity contribution is 6.54. The number of amides is 2. The summed E-state index contributed by atoms with van der Waals surface area (Å²) < 4.78 is 0. The molecule has 0 aliphatic carbocycles. The molecule has 1 heterocycles. The second-order valence-electron chi connectivity index (χ2n) is 5.29. The molecule has 0 saturated carbocycles. The van der Waals surface area contributed by atoms with Gasteiger partial charge in [0, 0.05) is 10.7 Å². The van der Waals surface area contributed by atoms with Gasteiger partial charge >= 0.3 is 0 Å². The lowest BCUT2D eigenvalue weighted by Crippen LogP contribution is -2.32. The van der Waals surface area contributed by atoms with E-state index in [2.05, 4.69) is 5.32 Å². The number of aryl methyl sites for hydroxylation is 1. The third-order valence-electron chi connectivity index (χ3n) is 3.66. The Morgan fingerprint density at radius 3 is 2.40 bits per heavy atom. The van der Waals surface area contributed by atoms with Crippen LogP contribution in [0.2, 0.25) is 15.1 Å². The Hall–Kier alpha value is -1.72. The predicted molar refractivity (Wildman–Crippen MR) is 102 cm³/mol. The Balaban J connectivity index is 2.00. The van der Waals surface area contributed by atoms with E-state index in [4.69, 9.17) is 46.4 Å². The number of carbonyl (C=O) groups is 2. The Kier molecular flexibility index (Phi) is 4.98. The smallest absolute Gasteiger partial charge is 0.283 e. The molecule has 2 aromatic carbocycles. The molecule has 0 bridgehead atoms. The summed E-state index contributed by atoms with van der Waals surface area (Å²) in [4.78, 5) is 26.1. The second-order valence-corrected chi connectivity index (χ2v) is 6.89. The molecule has 2 amide bonds. The number of nitrogens with zero attached hydrogens (tertiary/aromatic N) is 1. The zero-order chi connectivity index (χ0) is 18.3. The molecule has 4 nitrogen and oxygen atoms in total. The summed E-state index contributed by atoms with van der Waals surface area (Å²) in [7, 11) is 0. The zero-order valence-corrected chi connectivity index (χ0v) is 15.8. The van der Waals surface area contributed by atoms with Crippen molar-refractivity contribution in [3.05, 3.63) is 67.8 Å². The number of carbonyl (C=O) groups excluding carboxylic acids is 2. The summed E-state index contributed by atoms with van der Waals surface area (Å²) in [5, 5.41) is 3.45. The highest BCUT2D eigenvalue weighted by Crippen LogP contribution is 2.37. The van der Waals surface area contributed by atoms with Crippen molar-refractivity contribution in [2.45, 2.75) is 6.92 Å². The lowest BCUT2D eigenvalue weighted by molar-refractivity contribution is -0.120. The number of rotatable bonds is 3. The second kappa shape index (κ2) is 6.89. The van der Waals surface area contributed by atoms with Gasteiger partial charge in [-0.15, -0.1) is 0 Å². The van der Waals surface area contributed by atoms with Crippen molar-refractivity contribution in [1.29, 1.82) is 0 Å². The molecule has 0 spiro atoms. The average Bonchev–Trinajstić information content (AvgIpc) is 2.77. The first-order valence-electron chi connectivity index (χ1n) is 7.07. The lowest BCUT2D eigenvalue weighted by atomic mass is 10.2. The lowest BCUT2D eigenvalue weighted by Gasteiger charge is -2.17. The van der Waals surface area contributed by atoms with Crippen LogP contribution in [0.15, 0.2) is 47.1 Å². The van der Waals surface area contributed by atoms with Crippen molar-refractivity contribution < 1.29 is 9.59 Å². The minimum Gasteiger partial charge on any atom is -0.349 e. The van der Waals surface area contributed by atoms with Crippen molar-refractivity contribution in [1.82, 2.24) is 0 Å². The van der Waals surface area contributed by atoms with E-state index in [0.717, 1.165) is 10.5 Å². The summed E-state index contributed by atoms with van der Waals surface area (Å²) in [6.45, 7) is 1.83. The van der Waals surface area contributed by atoms with E-state index in [-0.39, 0.29) is 26.5 Å². The third kappa shape index (κ3) is 3.23. The van der Waals surface area contributed by atoms with Crippen LogP contribution in [0.25, 0.3) is 0 Å². The maximum Gasteiger partial charge on any atom is 0.283 e. The van der Waals surface area contributed by atoms with E-state index in [1.165, 1.54) is 6.07 Å². The first kappa shape index (κ1) is 18.1. The summed E-state index contributed by atoms with van der Waals surface area (Å²) in [6.07, 6.45) is 0. The third-order valence-corrected chi connectivity index (χ3v) is 5.05. The number of hydrogen-bond donors (Lipinski definition) is 1. The fourth-order valence-electron chi connectivity index (χ4n) is 2.36. The van der Waals surface area contributed by atoms with Crippen LogP contribution in [-0.4, -0.2) is 11.8 Å². The van der Waals surface area contributed by atoms with Crippen molar-refractivity contribution in [2.75, 3.05) is 10.2 Å². The van der Waals surface area contributed by atoms with Crippen molar-refractivity contribution >= 4 is 69.6 Å². The number of halogens is 4. The van der Waals surface area contributed by atoms with Crippen LogP contribution >= 0.6 is 46.4 Å². The largest absolute Gasteiger partial charge is 0.349 e. The Labute approximate surface area is 163 Å². The van der Waals surface area contributed by atoms with Gasteiger partial charge in [-0.1, -0.05) is 58.5 Å². The molecule has 1 aliphatic rings. The first-order chi connectivity index (χ1) is 11.8. The van der Waals surface area contributed by atoms with Crippen molar-refractivity contribution in [3.8, 4) is 0 Å². The molecule has 1 N–H and O–H groups in total. The monoisotopic (exact) mass is 414 g/mol. The van der Waals surface area contributed by atoms with Gasteiger partial charge in [0.1, 0.15) is 10.7 Å². The summed E-state index contributed by atoms with van der Waals surface area (Å²) in [6, 6.07) is 9.80. The summed E-state index contributed by atoms with van der Waals surface area (Å²) in [5.41, 5.74) is 1.52. The molecule has 3 rings (SSSR count). The number of imide groups is 1. The van der Waals surface area contributed by atoms with E-state index in [9.17, 15) is 9.59 Å². The Morgan fingerprint density at radius 2 is 1.68 bits per heavy atom. The van der Waals surface area contributed by atoms with Gasteiger partial charge in [-0.3, -0.25) is 9.59 Å². The van der Waals surface area contributed by atoms with Crippen LogP contribution in [0.1, 0.15) is 5.56 Å².